The minimum Gasteiger partial charge on any atom is -0.350 e. The van der Waals surface area contributed by atoms with E-state index in [4.69, 9.17) is 11.6 Å². The Balaban J connectivity index is 2.02. The number of hydrogen-bond donors (Lipinski definition) is 2. The lowest BCUT2D eigenvalue weighted by atomic mass is 10.2. The molecule has 0 spiro atoms. The van der Waals surface area contributed by atoms with E-state index in [2.05, 4.69) is 17.6 Å². The monoisotopic (exact) mass is 298 g/mol. The van der Waals surface area contributed by atoms with Crippen LogP contribution in [-0.2, 0) is 0 Å². The molecule has 1 aromatic carbocycles. The van der Waals surface area contributed by atoms with Crippen LogP contribution in [0.1, 0.15) is 30.1 Å². The van der Waals surface area contributed by atoms with E-state index in [1.54, 1.807) is 17.8 Å². The van der Waals surface area contributed by atoms with Crippen molar-refractivity contribution < 1.29 is 4.79 Å². The minimum atomic E-state index is -0.0350. The van der Waals surface area contributed by atoms with Crippen LogP contribution < -0.4 is 10.6 Å². The number of benzene rings is 1. The van der Waals surface area contributed by atoms with Crippen LogP contribution in [0.4, 0.5) is 0 Å². The molecule has 1 aliphatic heterocycles. The predicted molar refractivity (Wildman–Crippen MR) is 81.2 cm³/mol. The smallest absolute Gasteiger partial charge is 0.252 e. The Labute approximate surface area is 123 Å². The summed E-state index contributed by atoms with van der Waals surface area (Å²) in [6.45, 7) is 3.81. The molecule has 0 bridgehead atoms. The lowest BCUT2D eigenvalue weighted by Crippen LogP contribution is -2.37. The molecule has 1 atom stereocenters. The molecule has 0 aromatic heterocycles. The van der Waals surface area contributed by atoms with Crippen molar-refractivity contribution in [3.05, 3.63) is 28.8 Å². The Kier molecular flexibility index (Phi) is 5.55. The largest absolute Gasteiger partial charge is 0.350 e. The minimum absolute atomic E-state index is 0.0350. The van der Waals surface area contributed by atoms with Gasteiger partial charge in [0.1, 0.15) is 0 Å². The zero-order valence-corrected chi connectivity index (χ0v) is 12.6. The fourth-order valence-electron chi connectivity index (χ4n) is 2.20. The summed E-state index contributed by atoms with van der Waals surface area (Å²) in [4.78, 5) is 13.2. The first-order chi connectivity index (χ1) is 9.20. The summed E-state index contributed by atoms with van der Waals surface area (Å²) in [7, 11) is 0. The molecule has 1 unspecified atom stereocenters. The molecule has 5 heteroatoms. The van der Waals surface area contributed by atoms with Crippen LogP contribution in [0.3, 0.4) is 0 Å². The van der Waals surface area contributed by atoms with Crippen molar-refractivity contribution in [1.29, 1.82) is 0 Å². The van der Waals surface area contributed by atoms with Crippen molar-refractivity contribution in [2.24, 2.45) is 0 Å². The van der Waals surface area contributed by atoms with Crippen molar-refractivity contribution in [2.75, 3.05) is 18.8 Å². The molecule has 0 saturated carbocycles. The zero-order chi connectivity index (χ0) is 13.7. The van der Waals surface area contributed by atoms with Gasteiger partial charge in [-0.25, -0.2) is 0 Å². The average Bonchev–Trinajstić information content (AvgIpc) is 2.91. The van der Waals surface area contributed by atoms with E-state index in [1.807, 2.05) is 12.1 Å². The Hall–Kier alpha value is -0.710. The average molecular weight is 299 g/mol. The van der Waals surface area contributed by atoms with Crippen molar-refractivity contribution >= 4 is 29.3 Å². The molecule has 2 N–H and O–H groups in total. The highest BCUT2D eigenvalue weighted by molar-refractivity contribution is 7.99. The van der Waals surface area contributed by atoms with Crippen molar-refractivity contribution in [3.63, 3.8) is 0 Å². The fourth-order valence-corrected chi connectivity index (χ4v) is 3.16. The van der Waals surface area contributed by atoms with E-state index in [1.165, 1.54) is 6.42 Å². The van der Waals surface area contributed by atoms with Gasteiger partial charge >= 0.3 is 0 Å². The third-order valence-electron chi connectivity index (χ3n) is 3.16. The van der Waals surface area contributed by atoms with Gasteiger partial charge in [-0.05, 0) is 43.3 Å². The molecule has 104 valence electrons. The summed E-state index contributed by atoms with van der Waals surface area (Å²) in [5, 5.41) is 6.96. The highest BCUT2D eigenvalue weighted by Gasteiger charge is 2.17. The zero-order valence-electron chi connectivity index (χ0n) is 11.0. The van der Waals surface area contributed by atoms with Crippen LogP contribution >= 0.6 is 23.4 Å². The highest BCUT2D eigenvalue weighted by Crippen LogP contribution is 2.25. The summed E-state index contributed by atoms with van der Waals surface area (Å²) in [6.07, 6.45) is 2.32. The van der Waals surface area contributed by atoms with Crippen LogP contribution in [0.15, 0.2) is 23.1 Å². The first kappa shape index (κ1) is 14.7. The van der Waals surface area contributed by atoms with Gasteiger partial charge in [0, 0.05) is 22.5 Å². The number of thioether (sulfide) groups is 1. The number of hydrogen-bond acceptors (Lipinski definition) is 3. The summed E-state index contributed by atoms with van der Waals surface area (Å²) in [6, 6.07) is 5.90. The molecule has 1 amide bonds. The maximum atomic E-state index is 12.2. The Morgan fingerprint density at radius 3 is 3.11 bits per heavy atom. The van der Waals surface area contributed by atoms with E-state index >= 15 is 0 Å². The van der Waals surface area contributed by atoms with Crippen molar-refractivity contribution in [1.82, 2.24) is 10.6 Å². The van der Waals surface area contributed by atoms with Gasteiger partial charge in [-0.1, -0.05) is 18.5 Å². The van der Waals surface area contributed by atoms with E-state index in [0.717, 1.165) is 23.6 Å². The first-order valence-corrected chi connectivity index (χ1v) is 8.01. The number of carbonyl (C=O) groups is 1. The summed E-state index contributed by atoms with van der Waals surface area (Å²) < 4.78 is 0. The predicted octanol–water partition coefficient (Wildman–Crippen LogP) is 2.93. The van der Waals surface area contributed by atoms with Gasteiger partial charge in [-0.2, -0.15) is 0 Å². The summed E-state index contributed by atoms with van der Waals surface area (Å²) in [5.41, 5.74) is 0.678. The Bertz CT molecular complexity index is 447. The van der Waals surface area contributed by atoms with Crippen LogP contribution in [0.25, 0.3) is 0 Å². The molecule has 19 heavy (non-hydrogen) atoms. The molecule has 2 rings (SSSR count). The molecule has 0 aliphatic carbocycles. The van der Waals surface area contributed by atoms with Gasteiger partial charge in [0.15, 0.2) is 0 Å². The van der Waals surface area contributed by atoms with Gasteiger partial charge in [0.2, 0.25) is 0 Å². The third kappa shape index (κ3) is 4.13. The van der Waals surface area contributed by atoms with Crippen LogP contribution in [0.2, 0.25) is 5.02 Å². The lowest BCUT2D eigenvalue weighted by molar-refractivity contribution is 0.0947. The number of nitrogens with one attached hydrogen (secondary N) is 2. The standard InChI is InChI=1S/C14H19ClN2OS/c1-2-19-13-6-5-10(15)8-12(13)14(18)17-9-11-4-3-7-16-11/h5-6,8,11,16H,2-4,7,9H2,1H3,(H,17,18). The molecule has 3 nitrogen and oxygen atoms in total. The fraction of sp³-hybridized carbons (Fsp3) is 0.500. The molecular formula is C14H19ClN2OS. The molecule has 1 aliphatic rings. The van der Waals surface area contributed by atoms with Gasteiger partial charge in [0.25, 0.3) is 5.91 Å². The maximum Gasteiger partial charge on any atom is 0.252 e. The van der Waals surface area contributed by atoms with E-state index in [-0.39, 0.29) is 5.91 Å². The third-order valence-corrected chi connectivity index (χ3v) is 4.35. The second-order valence-corrected chi connectivity index (χ2v) is 6.32. The molecule has 1 saturated heterocycles. The molecule has 0 radical (unpaired) electrons. The van der Waals surface area contributed by atoms with E-state index < -0.39 is 0 Å². The highest BCUT2D eigenvalue weighted by atomic mass is 35.5. The molecule has 1 heterocycles. The van der Waals surface area contributed by atoms with Crippen molar-refractivity contribution in [2.45, 2.75) is 30.7 Å². The van der Waals surface area contributed by atoms with Gasteiger partial charge in [-0.3, -0.25) is 4.79 Å². The molecule has 1 fully saturated rings. The lowest BCUT2D eigenvalue weighted by Gasteiger charge is -2.13. The van der Waals surface area contributed by atoms with Crippen LogP contribution in [0, 0.1) is 0 Å². The molecule has 1 aromatic rings. The van der Waals surface area contributed by atoms with E-state index in [9.17, 15) is 4.79 Å². The number of rotatable bonds is 5. The van der Waals surface area contributed by atoms with Crippen LogP contribution in [0.5, 0.6) is 0 Å². The second kappa shape index (κ2) is 7.17. The quantitative estimate of drug-likeness (QED) is 0.821. The maximum absolute atomic E-state index is 12.2. The van der Waals surface area contributed by atoms with Crippen LogP contribution in [-0.4, -0.2) is 30.8 Å². The SMILES string of the molecule is CCSc1ccc(Cl)cc1C(=O)NCC1CCCN1. The normalized spacial score (nSPS) is 18.5. The van der Waals surface area contributed by atoms with Gasteiger partial charge in [0.05, 0.1) is 5.56 Å². The van der Waals surface area contributed by atoms with Gasteiger partial charge < -0.3 is 10.6 Å². The topological polar surface area (TPSA) is 41.1 Å². The first-order valence-electron chi connectivity index (χ1n) is 6.64. The second-order valence-electron chi connectivity index (χ2n) is 4.58. The molecular weight excluding hydrogens is 280 g/mol. The number of amides is 1. The van der Waals surface area contributed by atoms with Crippen molar-refractivity contribution in [3.8, 4) is 0 Å². The van der Waals surface area contributed by atoms with E-state index in [0.29, 0.717) is 23.2 Å². The Morgan fingerprint density at radius 1 is 1.58 bits per heavy atom. The number of halogens is 1. The number of carbonyl (C=O) groups excluding carboxylic acids is 1. The summed E-state index contributed by atoms with van der Waals surface area (Å²) >= 11 is 7.65. The van der Waals surface area contributed by atoms with Gasteiger partial charge in [-0.15, -0.1) is 11.8 Å². The Morgan fingerprint density at radius 2 is 2.42 bits per heavy atom. The summed E-state index contributed by atoms with van der Waals surface area (Å²) in [5.74, 6) is 0.902.